The lowest BCUT2D eigenvalue weighted by Crippen LogP contribution is -2.45. The van der Waals surface area contributed by atoms with Crippen LogP contribution in [0.25, 0.3) is 0 Å². The van der Waals surface area contributed by atoms with Gasteiger partial charge in [-0.2, -0.15) is 0 Å². The molecule has 2 amide bonds. The molecule has 7 nitrogen and oxygen atoms in total. The molecule has 1 atom stereocenters. The van der Waals surface area contributed by atoms with Crippen LogP contribution in [0.3, 0.4) is 0 Å². The maximum atomic E-state index is 12.6. The molecule has 29 heavy (non-hydrogen) atoms. The van der Waals surface area contributed by atoms with Crippen molar-refractivity contribution in [2.45, 2.75) is 44.6 Å². The molecule has 2 fully saturated rings. The smallest absolute Gasteiger partial charge is 0.251 e. The molecule has 1 aliphatic heterocycles. The topological polar surface area (TPSA) is 85.8 Å². The average Bonchev–Trinajstić information content (AvgIpc) is 3.44. The molecule has 1 aromatic carbocycles. The van der Waals surface area contributed by atoms with Crippen LogP contribution in [0.1, 0.15) is 48.0 Å². The van der Waals surface area contributed by atoms with Gasteiger partial charge in [0, 0.05) is 51.3 Å². The zero-order valence-electron chi connectivity index (χ0n) is 17.5. The quantitative estimate of drug-likeness (QED) is 0.500. The Morgan fingerprint density at radius 1 is 1.21 bits per heavy atom. The van der Waals surface area contributed by atoms with Crippen molar-refractivity contribution in [1.29, 1.82) is 0 Å². The third kappa shape index (κ3) is 5.71. The van der Waals surface area contributed by atoms with Crippen molar-refractivity contribution < 1.29 is 9.59 Å². The second kappa shape index (κ2) is 10.3. The summed E-state index contributed by atoms with van der Waals surface area (Å²) in [5, 5.41) is 9.44. The summed E-state index contributed by atoms with van der Waals surface area (Å²) < 4.78 is 0. The summed E-state index contributed by atoms with van der Waals surface area (Å²) >= 11 is 0. The van der Waals surface area contributed by atoms with Gasteiger partial charge in [0.05, 0.1) is 0 Å². The van der Waals surface area contributed by atoms with Crippen LogP contribution < -0.4 is 16.0 Å². The molecular weight excluding hydrogens is 366 g/mol. The number of carbonyl (C=O) groups excluding carboxylic acids is 2. The Bertz CT molecular complexity index is 742. The highest BCUT2D eigenvalue weighted by Gasteiger charge is 2.32. The average molecular weight is 400 g/mol. The number of amides is 2. The van der Waals surface area contributed by atoms with Gasteiger partial charge in [0.15, 0.2) is 5.96 Å². The molecule has 1 saturated carbocycles. The zero-order valence-corrected chi connectivity index (χ0v) is 17.5. The van der Waals surface area contributed by atoms with Gasteiger partial charge in [0.1, 0.15) is 0 Å². The van der Waals surface area contributed by atoms with Gasteiger partial charge in [-0.15, -0.1) is 0 Å². The van der Waals surface area contributed by atoms with Crippen LogP contribution in [-0.2, 0) is 11.2 Å². The van der Waals surface area contributed by atoms with Gasteiger partial charge in [0.25, 0.3) is 5.91 Å². The van der Waals surface area contributed by atoms with Gasteiger partial charge >= 0.3 is 0 Å². The van der Waals surface area contributed by atoms with Crippen LogP contribution in [-0.4, -0.2) is 62.4 Å². The number of nitrogens with one attached hydrogen (secondary N) is 3. The SMILES string of the molecule is CN=C(NCCc1cccc(C(=O)NC)c1)NC1CCN(C(=O)C2CCCC2)C1. The summed E-state index contributed by atoms with van der Waals surface area (Å²) in [4.78, 5) is 30.7. The van der Waals surface area contributed by atoms with E-state index in [0.717, 1.165) is 50.3 Å². The summed E-state index contributed by atoms with van der Waals surface area (Å²) in [6.45, 7) is 2.30. The molecule has 3 rings (SSSR count). The Morgan fingerprint density at radius 2 is 2.00 bits per heavy atom. The Hall–Kier alpha value is -2.57. The first-order valence-corrected chi connectivity index (χ1v) is 10.7. The van der Waals surface area contributed by atoms with Crippen LogP contribution in [0, 0.1) is 5.92 Å². The molecule has 0 radical (unpaired) electrons. The summed E-state index contributed by atoms with van der Waals surface area (Å²) in [5.41, 5.74) is 1.77. The lowest BCUT2D eigenvalue weighted by Gasteiger charge is -2.21. The fourth-order valence-electron chi connectivity index (χ4n) is 4.23. The van der Waals surface area contributed by atoms with Gasteiger partial charge in [-0.25, -0.2) is 0 Å². The molecule has 158 valence electrons. The molecule has 0 bridgehead atoms. The maximum absolute atomic E-state index is 12.6. The Morgan fingerprint density at radius 3 is 2.72 bits per heavy atom. The summed E-state index contributed by atoms with van der Waals surface area (Å²) in [7, 11) is 3.40. The van der Waals surface area contributed by atoms with Crippen molar-refractivity contribution in [2.24, 2.45) is 10.9 Å². The number of guanidine groups is 1. The van der Waals surface area contributed by atoms with Gasteiger partial charge in [-0.1, -0.05) is 25.0 Å². The number of rotatable bonds is 6. The van der Waals surface area contributed by atoms with E-state index in [4.69, 9.17) is 0 Å². The highest BCUT2D eigenvalue weighted by Crippen LogP contribution is 2.27. The Balaban J connectivity index is 1.43. The highest BCUT2D eigenvalue weighted by molar-refractivity contribution is 5.94. The van der Waals surface area contributed by atoms with Gasteiger partial charge in [-0.05, 0) is 43.4 Å². The van der Waals surface area contributed by atoms with Crippen molar-refractivity contribution in [3.63, 3.8) is 0 Å². The van der Waals surface area contributed by atoms with E-state index >= 15 is 0 Å². The van der Waals surface area contributed by atoms with E-state index in [1.54, 1.807) is 14.1 Å². The molecule has 7 heteroatoms. The molecule has 3 N–H and O–H groups in total. The van der Waals surface area contributed by atoms with E-state index < -0.39 is 0 Å². The van der Waals surface area contributed by atoms with Crippen molar-refractivity contribution in [1.82, 2.24) is 20.9 Å². The largest absolute Gasteiger partial charge is 0.356 e. The van der Waals surface area contributed by atoms with Crippen molar-refractivity contribution >= 4 is 17.8 Å². The Kier molecular flexibility index (Phi) is 7.49. The van der Waals surface area contributed by atoms with Crippen LogP contribution in [0.2, 0.25) is 0 Å². The van der Waals surface area contributed by atoms with E-state index in [9.17, 15) is 9.59 Å². The van der Waals surface area contributed by atoms with Crippen molar-refractivity contribution in [3.8, 4) is 0 Å². The predicted octanol–water partition coefficient (Wildman–Crippen LogP) is 1.54. The van der Waals surface area contributed by atoms with E-state index in [0.29, 0.717) is 18.0 Å². The first-order chi connectivity index (χ1) is 14.1. The second-order valence-electron chi connectivity index (χ2n) is 7.92. The van der Waals surface area contributed by atoms with Crippen LogP contribution in [0.4, 0.5) is 0 Å². The van der Waals surface area contributed by atoms with E-state index in [2.05, 4.69) is 20.9 Å². The Labute approximate surface area is 173 Å². The molecule has 1 aromatic rings. The van der Waals surface area contributed by atoms with Crippen LogP contribution in [0.15, 0.2) is 29.3 Å². The fraction of sp³-hybridized carbons (Fsp3) is 0.591. The predicted molar refractivity (Wildman–Crippen MR) is 115 cm³/mol. The molecule has 0 aromatic heterocycles. The standard InChI is InChI=1S/C22H33N5O2/c1-23-20(28)18-9-5-6-16(14-18)10-12-25-22(24-2)26-19-11-13-27(15-19)21(29)17-7-3-4-8-17/h5-6,9,14,17,19H,3-4,7-8,10-13,15H2,1-2H3,(H,23,28)(H2,24,25,26). The fourth-order valence-corrected chi connectivity index (χ4v) is 4.23. The van der Waals surface area contributed by atoms with Gasteiger partial charge in [-0.3, -0.25) is 14.6 Å². The van der Waals surface area contributed by atoms with E-state index in [-0.39, 0.29) is 17.9 Å². The summed E-state index contributed by atoms with van der Waals surface area (Å²) in [5.74, 6) is 1.27. The minimum absolute atomic E-state index is 0.0739. The molecule has 1 unspecified atom stereocenters. The minimum Gasteiger partial charge on any atom is -0.356 e. The minimum atomic E-state index is -0.0739. The number of benzene rings is 1. The van der Waals surface area contributed by atoms with E-state index in [1.807, 2.05) is 29.2 Å². The number of aliphatic imine (C=N–C) groups is 1. The number of carbonyl (C=O) groups is 2. The van der Waals surface area contributed by atoms with Crippen LogP contribution in [0.5, 0.6) is 0 Å². The molecular formula is C22H33N5O2. The third-order valence-corrected chi connectivity index (χ3v) is 5.89. The van der Waals surface area contributed by atoms with Crippen LogP contribution >= 0.6 is 0 Å². The molecule has 0 spiro atoms. The number of nitrogens with zero attached hydrogens (tertiary/aromatic N) is 2. The molecule has 1 aliphatic carbocycles. The maximum Gasteiger partial charge on any atom is 0.251 e. The number of hydrogen-bond donors (Lipinski definition) is 3. The molecule has 1 heterocycles. The molecule has 2 aliphatic rings. The van der Waals surface area contributed by atoms with E-state index in [1.165, 1.54) is 12.8 Å². The molecule has 1 saturated heterocycles. The summed E-state index contributed by atoms with van der Waals surface area (Å²) in [6, 6.07) is 7.90. The number of likely N-dealkylation sites (tertiary alicyclic amines) is 1. The third-order valence-electron chi connectivity index (χ3n) is 5.89. The first kappa shape index (κ1) is 21.1. The van der Waals surface area contributed by atoms with Crippen molar-refractivity contribution in [3.05, 3.63) is 35.4 Å². The number of hydrogen-bond acceptors (Lipinski definition) is 3. The van der Waals surface area contributed by atoms with Gasteiger partial charge in [0.2, 0.25) is 5.91 Å². The monoisotopic (exact) mass is 399 g/mol. The van der Waals surface area contributed by atoms with Crippen molar-refractivity contribution in [2.75, 3.05) is 33.7 Å². The zero-order chi connectivity index (χ0) is 20.6. The first-order valence-electron chi connectivity index (χ1n) is 10.7. The highest BCUT2D eigenvalue weighted by atomic mass is 16.2. The summed E-state index contributed by atoms with van der Waals surface area (Å²) in [6.07, 6.45) is 6.23. The normalized spacial score (nSPS) is 20.0. The lowest BCUT2D eigenvalue weighted by molar-refractivity contribution is -0.134. The lowest BCUT2D eigenvalue weighted by atomic mass is 10.1. The second-order valence-corrected chi connectivity index (χ2v) is 7.92. The van der Waals surface area contributed by atoms with Gasteiger partial charge < -0.3 is 20.9 Å².